The molecule has 1 N–H and O–H groups in total. The van der Waals surface area contributed by atoms with Crippen LogP contribution in [0.15, 0.2) is 24.3 Å². The van der Waals surface area contributed by atoms with Gasteiger partial charge in [-0.1, -0.05) is 32.9 Å². The summed E-state index contributed by atoms with van der Waals surface area (Å²) in [5.41, 5.74) is 1.19. The van der Waals surface area contributed by atoms with Crippen molar-refractivity contribution in [2.24, 2.45) is 5.41 Å². The highest BCUT2D eigenvalue weighted by Gasteiger charge is 2.16. The van der Waals surface area contributed by atoms with Crippen LogP contribution >= 0.6 is 0 Å². The molecule has 0 saturated heterocycles. The second kappa shape index (κ2) is 7.39. The molecule has 0 atom stereocenters. The van der Waals surface area contributed by atoms with Gasteiger partial charge in [0.2, 0.25) is 0 Å². The molecule has 0 unspecified atom stereocenters. The van der Waals surface area contributed by atoms with Gasteiger partial charge in [0.25, 0.3) is 0 Å². The lowest BCUT2D eigenvalue weighted by Crippen LogP contribution is -2.33. The van der Waals surface area contributed by atoms with E-state index in [9.17, 15) is 9.18 Å². The second-order valence-electron chi connectivity index (χ2n) is 6.40. The summed E-state index contributed by atoms with van der Waals surface area (Å²) in [5.74, 6) is -0.996. The highest BCUT2D eigenvalue weighted by molar-refractivity contribution is 5.66. The zero-order valence-electron chi connectivity index (χ0n) is 12.5. The Morgan fingerprint density at radius 1 is 1.25 bits per heavy atom. The summed E-state index contributed by atoms with van der Waals surface area (Å²) in [5, 5.41) is 8.72. The van der Waals surface area contributed by atoms with Crippen LogP contribution in [0.5, 0.6) is 0 Å². The Kier molecular flexibility index (Phi) is 6.14. The highest BCUT2D eigenvalue weighted by Crippen LogP contribution is 2.18. The van der Waals surface area contributed by atoms with E-state index in [1.807, 2.05) is 0 Å². The number of hydrogen-bond acceptors (Lipinski definition) is 2. The van der Waals surface area contributed by atoms with Gasteiger partial charge >= 0.3 is 5.97 Å². The standard InChI is InChI=1S/C16H24FNO2/c1-16(2,3)12-18(10-4-5-15(19)20)11-13-6-8-14(17)9-7-13/h6-9H,4-5,10-12H2,1-3H3,(H,19,20). The van der Waals surface area contributed by atoms with Crippen LogP contribution in [-0.4, -0.2) is 29.1 Å². The molecule has 1 rings (SSSR count). The lowest BCUT2D eigenvalue weighted by Gasteiger charge is -2.30. The fraction of sp³-hybridized carbons (Fsp3) is 0.562. The molecule has 3 nitrogen and oxygen atoms in total. The van der Waals surface area contributed by atoms with E-state index in [2.05, 4.69) is 25.7 Å². The minimum absolute atomic E-state index is 0.142. The van der Waals surface area contributed by atoms with Crippen LogP contribution < -0.4 is 0 Å². The summed E-state index contributed by atoms with van der Waals surface area (Å²) in [6.07, 6.45) is 0.816. The van der Waals surface area contributed by atoms with E-state index in [1.165, 1.54) is 12.1 Å². The van der Waals surface area contributed by atoms with Gasteiger partial charge < -0.3 is 5.11 Å². The molecular formula is C16H24FNO2. The first-order valence-electron chi connectivity index (χ1n) is 6.95. The minimum Gasteiger partial charge on any atom is -0.481 e. The Hall–Kier alpha value is -1.42. The molecule has 0 spiro atoms. The molecule has 4 heteroatoms. The maximum atomic E-state index is 12.9. The summed E-state index contributed by atoms with van der Waals surface area (Å²) in [7, 11) is 0. The SMILES string of the molecule is CC(C)(C)CN(CCCC(=O)O)Cc1ccc(F)cc1. The second-order valence-corrected chi connectivity index (χ2v) is 6.40. The summed E-state index contributed by atoms with van der Waals surface area (Å²) in [6, 6.07) is 6.48. The van der Waals surface area contributed by atoms with Gasteiger partial charge in [-0.2, -0.15) is 0 Å². The Labute approximate surface area is 120 Å². The van der Waals surface area contributed by atoms with Crippen LogP contribution in [0.4, 0.5) is 4.39 Å². The maximum Gasteiger partial charge on any atom is 0.303 e. The number of carbonyl (C=O) groups is 1. The molecule has 112 valence electrons. The van der Waals surface area contributed by atoms with Gasteiger partial charge in [-0.3, -0.25) is 9.69 Å². The van der Waals surface area contributed by atoms with Gasteiger partial charge in [0, 0.05) is 19.5 Å². The normalized spacial score (nSPS) is 11.8. The van der Waals surface area contributed by atoms with Crippen molar-refractivity contribution in [2.75, 3.05) is 13.1 Å². The highest BCUT2D eigenvalue weighted by atomic mass is 19.1. The van der Waals surface area contributed by atoms with Crippen LogP contribution in [-0.2, 0) is 11.3 Å². The molecule has 0 heterocycles. The number of nitrogens with zero attached hydrogens (tertiary/aromatic N) is 1. The topological polar surface area (TPSA) is 40.5 Å². The van der Waals surface area contributed by atoms with Gasteiger partial charge in [-0.25, -0.2) is 4.39 Å². The third-order valence-corrected chi connectivity index (χ3v) is 2.88. The van der Waals surface area contributed by atoms with Crippen molar-refractivity contribution in [3.05, 3.63) is 35.6 Å². The van der Waals surface area contributed by atoms with Crippen molar-refractivity contribution in [1.82, 2.24) is 4.90 Å². The van der Waals surface area contributed by atoms with Crippen LogP contribution in [0.25, 0.3) is 0 Å². The van der Waals surface area contributed by atoms with E-state index in [4.69, 9.17) is 5.11 Å². The minimum atomic E-state index is -0.762. The molecular weight excluding hydrogens is 257 g/mol. The molecule has 1 aromatic carbocycles. The van der Waals surface area contributed by atoms with Crippen molar-refractivity contribution < 1.29 is 14.3 Å². The predicted octanol–water partition coefficient (Wildman–Crippen LogP) is 3.54. The first-order valence-corrected chi connectivity index (χ1v) is 6.95. The van der Waals surface area contributed by atoms with Gasteiger partial charge in [0.1, 0.15) is 5.82 Å². The molecule has 0 radical (unpaired) electrons. The summed E-state index contributed by atoms with van der Waals surface area (Å²) in [4.78, 5) is 12.8. The zero-order chi connectivity index (χ0) is 15.2. The summed E-state index contributed by atoms with van der Waals surface area (Å²) in [6.45, 7) is 8.80. The number of carboxylic acids is 1. The number of rotatable bonds is 7. The van der Waals surface area contributed by atoms with E-state index in [0.29, 0.717) is 6.42 Å². The van der Waals surface area contributed by atoms with E-state index in [0.717, 1.165) is 25.2 Å². The number of hydrogen-bond donors (Lipinski definition) is 1. The molecule has 0 bridgehead atoms. The van der Waals surface area contributed by atoms with Gasteiger partial charge in [0.15, 0.2) is 0 Å². The van der Waals surface area contributed by atoms with Crippen molar-refractivity contribution >= 4 is 5.97 Å². The fourth-order valence-electron chi connectivity index (χ4n) is 2.19. The third-order valence-electron chi connectivity index (χ3n) is 2.88. The first-order chi connectivity index (χ1) is 9.26. The largest absolute Gasteiger partial charge is 0.481 e. The van der Waals surface area contributed by atoms with E-state index >= 15 is 0 Å². The number of aliphatic carboxylic acids is 1. The van der Waals surface area contributed by atoms with Crippen LogP contribution in [0, 0.1) is 11.2 Å². The fourth-order valence-corrected chi connectivity index (χ4v) is 2.19. The van der Waals surface area contributed by atoms with Crippen LogP contribution in [0.2, 0.25) is 0 Å². The van der Waals surface area contributed by atoms with Crippen molar-refractivity contribution in [3.8, 4) is 0 Å². The number of halogens is 1. The lowest BCUT2D eigenvalue weighted by atomic mass is 9.95. The molecule has 0 aliphatic rings. The molecule has 0 saturated carbocycles. The predicted molar refractivity (Wildman–Crippen MR) is 78.0 cm³/mol. The van der Waals surface area contributed by atoms with E-state index < -0.39 is 5.97 Å². The zero-order valence-corrected chi connectivity index (χ0v) is 12.5. The van der Waals surface area contributed by atoms with E-state index in [1.54, 1.807) is 12.1 Å². The van der Waals surface area contributed by atoms with Crippen molar-refractivity contribution in [3.63, 3.8) is 0 Å². The Morgan fingerprint density at radius 3 is 2.35 bits per heavy atom. The maximum absolute atomic E-state index is 12.9. The van der Waals surface area contributed by atoms with Crippen molar-refractivity contribution in [2.45, 2.75) is 40.2 Å². The molecule has 20 heavy (non-hydrogen) atoms. The third kappa shape index (κ3) is 7.24. The Bertz CT molecular complexity index is 423. The average Bonchev–Trinajstić information content (AvgIpc) is 2.29. The van der Waals surface area contributed by atoms with Gasteiger partial charge in [0.05, 0.1) is 0 Å². The van der Waals surface area contributed by atoms with Crippen molar-refractivity contribution in [1.29, 1.82) is 0 Å². The monoisotopic (exact) mass is 281 g/mol. The Balaban J connectivity index is 2.61. The molecule has 1 aromatic rings. The summed E-state index contributed by atoms with van der Waals surface area (Å²) >= 11 is 0. The smallest absolute Gasteiger partial charge is 0.303 e. The molecule has 0 amide bonds. The van der Waals surface area contributed by atoms with Gasteiger partial charge in [-0.05, 0) is 36.1 Å². The number of carboxylic acid groups (broad SMARTS) is 1. The van der Waals surface area contributed by atoms with E-state index in [-0.39, 0.29) is 17.7 Å². The quantitative estimate of drug-likeness (QED) is 0.831. The first kappa shape index (κ1) is 16.6. The lowest BCUT2D eigenvalue weighted by molar-refractivity contribution is -0.137. The number of benzene rings is 1. The van der Waals surface area contributed by atoms with Crippen LogP contribution in [0.1, 0.15) is 39.2 Å². The van der Waals surface area contributed by atoms with Gasteiger partial charge in [-0.15, -0.1) is 0 Å². The summed E-state index contributed by atoms with van der Waals surface area (Å²) < 4.78 is 12.9. The molecule has 0 aliphatic heterocycles. The molecule has 0 aliphatic carbocycles. The van der Waals surface area contributed by atoms with Crippen LogP contribution in [0.3, 0.4) is 0 Å². The molecule has 0 aromatic heterocycles. The molecule has 0 fully saturated rings. The Morgan fingerprint density at radius 2 is 1.85 bits per heavy atom. The average molecular weight is 281 g/mol.